The zero-order valence-electron chi connectivity index (χ0n) is 19.4. The van der Waals surface area contributed by atoms with E-state index in [1.54, 1.807) is 23.1 Å². The highest BCUT2D eigenvalue weighted by Crippen LogP contribution is 2.32. The fourth-order valence-electron chi connectivity index (χ4n) is 4.18. The van der Waals surface area contributed by atoms with Gasteiger partial charge in [0.15, 0.2) is 11.8 Å². The van der Waals surface area contributed by atoms with Gasteiger partial charge in [0, 0.05) is 11.6 Å². The minimum absolute atomic E-state index is 0.0750. The molecule has 10 heteroatoms. The van der Waals surface area contributed by atoms with Crippen molar-refractivity contribution in [3.05, 3.63) is 42.0 Å². The van der Waals surface area contributed by atoms with Crippen LogP contribution in [-0.4, -0.2) is 48.5 Å². The first kappa shape index (κ1) is 22.8. The number of aromatic nitrogens is 4. The van der Waals surface area contributed by atoms with Crippen LogP contribution in [0.3, 0.4) is 0 Å². The van der Waals surface area contributed by atoms with Gasteiger partial charge in [0.05, 0.1) is 6.26 Å². The highest BCUT2D eigenvalue weighted by atomic mass is 16.3. The van der Waals surface area contributed by atoms with Crippen molar-refractivity contribution in [1.29, 1.82) is 0 Å². The van der Waals surface area contributed by atoms with E-state index in [4.69, 9.17) is 8.83 Å². The maximum Gasteiger partial charge on any atom is 0.251 e. The third-order valence-electron chi connectivity index (χ3n) is 5.53. The summed E-state index contributed by atoms with van der Waals surface area (Å²) in [6.07, 6.45) is 5.18. The number of hydrogen-bond acceptors (Lipinski definition) is 7. The summed E-state index contributed by atoms with van der Waals surface area (Å²) in [5.41, 5.74) is -0.462. The molecular formula is C23H30N6O4. The van der Waals surface area contributed by atoms with Crippen LogP contribution in [0.2, 0.25) is 0 Å². The number of carbonyl (C=O) groups excluding carboxylic acids is 2. The monoisotopic (exact) mass is 454 g/mol. The lowest BCUT2D eigenvalue weighted by Gasteiger charge is -2.36. The van der Waals surface area contributed by atoms with Crippen molar-refractivity contribution in [2.75, 3.05) is 0 Å². The molecule has 0 aromatic carbocycles. The maximum atomic E-state index is 13.6. The number of carbonyl (C=O) groups is 2. The molecule has 0 aliphatic heterocycles. The number of tetrazole rings is 1. The van der Waals surface area contributed by atoms with E-state index >= 15 is 0 Å². The minimum Gasteiger partial charge on any atom is -0.467 e. The molecule has 3 heterocycles. The van der Waals surface area contributed by atoms with Gasteiger partial charge in [-0.25, -0.2) is 0 Å². The van der Waals surface area contributed by atoms with E-state index < -0.39 is 11.6 Å². The van der Waals surface area contributed by atoms with E-state index in [0.717, 1.165) is 31.4 Å². The molecule has 1 N–H and O–H groups in total. The van der Waals surface area contributed by atoms with E-state index in [1.807, 2.05) is 33.8 Å². The Labute approximate surface area is 192 Å². The topological polar surface area (TPSA) is 119 Å². The lowest BCUT2D eigenvalue weighted by atomic mass is 10.0. The average molecular weight is 455 g/mol. The molecule has 2 amide bonds. The van der Waals surface area contributed by atoms with Gasteiger partial charge in [0.25, 0.3) is 5.91 Å². The van der Waals surface area contributed by atoms with Crippen molar-refractivity contribution < 1.29 is 18.4 Å². The predicted octanol–water partition coefficient (Wildman–Crippen LogP) is 3.26. The summed E-state index contributed by atoms with van der Waals surface area (Å²) in [6, 6.07) is 6.06. The van der Waals surface area contributed by atoms with Crippen LogP contribution in [0.1, 0.15) is 64.0 Å². The summed E-state index contributed by atoms with van der Waals surface area (Å²) < 4.78 is 11.2. The lowest BCUT2D eigenvalue weighted by molar-refractivity contribution is -0.145. The number of aryl methyl sites for hydroxylation is 1. The van der Waals surface area contributed by atoms with Crippen LogP contribution in [0.4, 0.5) is 0 Å². The van der Waals surface area contributed by atoms with Gasteiger partial charge in [-0.1, -0.05) is 12.8 Å². The van der Waals surface area contributed by atoms with Gasteiger partial charge in [-0.3, -0.25) is 9.59 Å². The van der Waals surface area contributed by atoms with Crippen LogP contribution in [0.15, 0.2) is 39.4 Å². The molecule has 0 unspecified atom stereocenters. The molecule has 0 spiro atoms. The number of nitrogens with zero attached hydrogens (tertiary/aromatic N) is 5. The van der Waals surface area contributed by atoms with Crippen molar-refractivity contribution in [3.8, 4) is 11.6 Å². The summed E-state index contributed by atoms with van der Waals surface area (Å²) >= 11 is 0. The highest BCUT2D eigenvalue weighted by molar-refractivity contribution is 5.88. The van der Waals surface area contributed by atoms with Gasteiger partial charge < -0.3 is 19.1 Å². The second kappa shape index (κ2) is 9.21. The van der Waals surface area contributed by atoms with Gasteiger partial charge >= 0.3 is 0 Å². The van der Waals surface area contributed by atoms with Crippen molar-refractivity contribution in [2.45, 2.75) is 77.5 Å². The first-order valence-corrected chi connectivity index (χ1v) is 11.2. The quantitative estimate of drug-likeness (QED) is 0.582. The molecule has 1 atom stereocenters. The molecule has 1 fully saturated rings. The molecule has 1 aliphatic rings. The molecular weight excluding hydrogens is 424 g/mol. The van der Waals surface area contributed by atoms with Gasteiger partial charge in [-0.2, -0.15) is 4.80 Å². The van der Waals surface area contributed by atoms with Gasteiger partial charge in [0.1, 0.15) is 18.1 Å². The van der Waals surface area contributed by atoms with Crippen molar-refractivity contribution in [2.24, 2.45) is 0 Å². The SMILES string of the molecule is Cc1ccc(-c2nnn(CC(=O)N(C3CCCC3)[C@H](C(=O)NC(C)(C)C)c3ccco3)n2)o1. The van der Waals surface area contributed by atoms with Crippen LogP contribution in [0.5, 0.6) is 0 Å². The molecule has 1 aliphatic carbocycles. The van der Waals surface area contributed by atoms with Crippen molar-refractivity contribution >= 4 is 11.8 Å². The standard InChI is InChI=1S/C23H30N6O4/c1-15-11-12-18(33-15)21-25-27-28(26-21)14-19(30)29(16-8-5-6-9-16)20(17-10-7-13-32-17)22(31)24-23(2,3)4/h7,10-13,16,20H,5-6,8-9,14H2,1-4H3,(H,24,31)/t20-/m0/s1. The Morgan fingerprint density at radius 2 is 2.00 bits per heavy atom. The number of nitrogens with one attached hydrogen (secondary N) is 1. The first-order valence-electron chi connectivity index (χ1n) is 11.2. The number of rotatable bonds is 7. The molecule has 33 heavy (non-hydrogen) atoms. The second-order valence-corrected chi connectivity index (χ2v) is 9.45. The molecule has 4 rings (SSSR count). The molecule has 3 aromatic rings. The number of furan rings is 2. The Hall–Kier alpha value is -3.43. The molecule has 0 saturated heterocycles. The van der Waals surface area contributed by atoms with Crippen LogP contribution in [0, 0.1) is 6.92 Å². The Balaban J connectivity index is 1.62. The zero-order valence-corrected chi connectivity index (χ0v) is 19.4. The van der Waals surface area contributed by atoms with Gasteiger partial charge in [0.2, 0.25) is 11.7 Å². The fraction of sp³-hybridized carbons (Fsp3) is 0.522. The Morgan fingerprint density at radius 1 is 1.24 bits per heavy atom. The average Bonchev–Trinajstić information content (AvgIpc) is 3.51. The largest absolute Gasteiger partial charge is 0.467 e. The molecule has 0 radical (unpaired) electrons. The number of hydrogen-bond donors (Lipinski definition) is 1. The van der Waals surface area contributed by atoms with E-state index in [1.165, 1.54) is 11.1 Å². The number of amides is 2. The minimum atomic E-state index is -0.884. The Bertz CT molecular complexity index is 1090. The normalized spacial score (nSPS) is 15.5. The zero-order chi connectivity index (χ0) is 23.6. The van der Waals surface area contributed by atoms with Crippen molar-refractivity contribution in [1.82, 2.24) is 30.4 Å². The molecule has 10 nitrogen and oxygen atoms in total. The predicted molar refractivity (Wildman–Crippen MR) is 119 cm³/mol. The van der Waals surface area contributed by atoms with Crippen LogP contribution >= 0.6 is 0 Å². The van der Waals surface area contributed by atoms with E-state index in [9.17, 15) is 9.59 Å². The van der Waals surface area contributed by atoms with Crippen LogP contribution in [-0.2, 0) is 16.1 Å². The third-order valence-corrected chi connectivity index (χ3v) is 5.53. The van der Waals surface area contributed by atoms with Crippen molar-refractivity contribution in [3.63, 3.8) is 0 Å². The second-order valence-electron chi connectivity index (χ2n) is 9.45. The van der Waals surface area contributed by atoms with Crippen LogP contribution < -0.4 is 5.32 Å². The van der Waals surface area contributed by atoms with Gasteiger partial charge in [-0.15, -0.1) is 10.2 Å². The van der Waals surface area contributed by atoms with E-state index in [0.29, 0.717) is 17.3 Å². The molecule has 3 aromatic heterocycles. The van der Waals surface area contributed by atoms with E-state index in [-0.39, 0.29) is 24.4 Å². The molecule has 0 bridgehead atoms. The summed E-state index contributed by atoms with van der Waals surface area (Å²) in [6.45, 7) is 7.40. The highest BCUT2D eigenvalue weighted by Gasteiger charge is 2.40. The Morgan fingerprint density at radius 3 is 2.61 bits per heavy atom. The third kappa shape index (κ3) is 5.32. The lowest BCUT2D eigenvalue weighted by Crippen LogP contribution is -2.52. The maximum absolute atomic E-state index is 13.6. The fourth-order valence-corrected chi connectivity index (χ4v) is 4.18. The molecule has 176 valence electrons. The van der Waals surface area contributed by atoms with E-state index in [2.05, 4.69) is 20.7 Å². The molecule has 1 saturated carbocycles. The smallest absolute Gasteiger partial charge is 0.251 e. The van der Waals surface area contributed by atoms with Gasteiger partial charge in [-0.05, 0) is 70.0 Å². The van der Waals surface area contributed by atoms with Crippen LogP contribution in [0.25, 0.3) is 11.6 Å². The first-order chi connectivity index (χ1) is 15.7. The summed E-state index contributed by atoms with van der Waals surface area (Å²) in [5.74, 6) is 1.39. The Kier molecular flexibility index (Phi) is 6.35. The summed E-state index contributed by atoms with van der Waals surface area (Å²) in [7, 11) is 0. The summed E-state index contributed by atoms with van der Waals surface area (Å²) in [5, 5.41) is 15.3. The summed E-state index contributed by atoms with van der Waals surface area (Å²) in [4.78, 5) is 29.9.